The summed E-state index contributed by atoms with van der Waals surface area (Å²) in [6, 6.07) is 3.13. The number of pyridine rings is 1. The Hall–Kier alpha value is -2.37. The number of aromatic carboxylic acids is 1. The molecule has 6 heteroatoms. The van der Waals surface area contributed by atoms with Gasteiger partial charge in [-0.25, -0.2) is 14.5 Å². The molecule has 0 saturated heterocycles. The third kappa shape index (κ3) is 2.65. The third-order valence-electron chi connectivity index (χ3n) is 2.16. The third-order valence-corrected chi connectivity index (χ3v) is 2.16. The molecule has 2 heterocycles. The summed E-state index contributed by atoms with van der Waals surface area (Å²) in [6.45, 7) is 3.85. The van der Waals surface area contributed by atoms with Gasteiger partial charge in [0.1, 0.15) is 5.69 Å². The molecular formula is C12H13N3O3. The summed E-state index contributed by atoms with van der Waals surface area (Å²) in [7, 11) is 0. The van der Waals surface area contributed by atoms with Crippen LogP contribution >= 0.6 is 0 Å². The number of hydrogen-bond acceptors (Lipinski definition) is 4. The van der Waals surface area contributed by atoms with Crippen LogP contribution in [0, 0.1) is 0 Å². The Labute approximate surface area is 104 Å². The Bertz CT molecular complexity index is 563. The van der Waals surface area contributed by atoms with E-state index in [-0.39, 0.29) is 11.8 Å². The van der Waals surface area contributed by atoms with Crippen LogP contribution in [0.2, 0.25) is 0 Å². The number of rotatable bonds is 4. The molecule has 0 atom stereocenters. The van der Waals surface area contributed by atoms with E-state index in [0.717, 1.165) is 0 Å². The minimum atomic E-state index is -1.07. The zero-order chi connectivity index (χ0) is 13.1. The van der Waals surface area contributed by atoms with Gasteiger partial charge in [0.15, 0.2) is 5.75 Å². The number of aromatic nitrogens is 3. The first-order valence-electron chi connectivity index (χ1n) is 5.47. The summed E-state index contributed by atoms with van der Waals surface area (Å²) in [5.74, 6) is -0.429. The van der Waals surface area contributed by atoms with Gasteiger partial charge >= 0.3 is 5.97 Å². The predicted octanol–water partition coefficient (Wildman–Crippen LogP) is 1.75. The highest BCUT2D eigenvalue weighted by Crippen LogP contribution is 2.15. The van der Waals surface area contributed by atoms with Crippen molar-refractivity contribution in [3.05, 3.63) is 36.4 Å². The van der Waals surface area contributed by atoms with Crippen LogP contribution in [0.1, 0.15) is 24.3 Å². The summed E-state index contributed by atoms with van der Waals surface area (Å²) in [5.41, 5.74) is 0.607. The first kappa shape index (κ1) is 12.1. The van der Waals surface area contributed by atoms with Crippen LogP contribution in [0.3, 0.4) is 0 Å². The molecule has 0 fully saturated rings. The number of ether oxygens (including phenoxy) is 1. The molecule has 6 nitrogen and oxygen atoms in total. The Morgan fingerprint density at radius 2 is 2.28 bits per heavy atom. The van der Waals surface area contributed by atoms with Crippen LogP contribution in [-0.4, -0.2) is 31.9 Å². The molecule has 0 radical (unpaired) electrons. The van der Waals surface area contributed by atoms with Gasteiger partial charge in [-0.2, -0.15) is 5.10 Å². The molecule has 18 heavy (non-hydrogen) atoms. The van der Waals surface area contributed by atoms with Gasteiger partial charge in [0, 0.05) is 6.20 Å². The van der Waals surface area contributed by atoms with Crippen LogP contribution in [-0.2, 0) is 0 Å². The van der Waals surface area contributed by atoms with E-state index in [1.165, 1.54) is 12.3 Å². The van der Waals surface area contributed by atoms with Crippen molar-refractivity contribution >= 4 is 5.97 Å². The van der Waals surface area contributed by atoms with E-state index in [1.54, 1.807) is 23.1 Å². The lowest BCUT2D eigenvalue weighted by atomic mass is 10.3. The molecule has 2 aromatic heterocycles. The largest absolute Gasteiger partial charge is 0.488 e. The Morgan fingerprint density at radius 3 is 2.94 bits per heavy atom. The Morgan fingerprint density at radius 1 is 1.50 bits per heavy atom. The molecule has 0 unspecified atom stereocenters. The van der Waals surface area contributed by atoms with Crippen molar-refractivity contribution in [1.82, 2.24) is 14.8 Å². The molecule has 94 valence electrons. The standard InChI is InChI=1S/C12H13N3O3/c1-8(2)18-10-6-14-15(7-10)9-3-4-13-11(5-9)12(16)17/h3-8H,1-2H3,(H,16,17). The number of carbonyl (C=O) groups is 1. The first-order chi connectivity index (χ1) is 8.56. The monoisotopic (exact) mass is 247 g/mol. The second-order valence-corrected chi connectivity index (χ2v) is 3.99. The summed E-state index contributed by atoms with van der Waals surface area (Å²) in [5, 5.41) is 13.0. The van der Waals surface area contributed by atoms with Crippen LogP contribution in [0.4, 0.5) is 0 Å². The normalized spacial score (nSPS) is 10.6. The van der Waals surface area contributed by atoms with Crippen molar-refractivity contribution in [3.8, 4) is 11.4 Å². The molecule has 0 amide bonds. The van der Waals surface area contributed by atoms with Crippen molar-refractivity contribution in [2.24, 2.45) is 0 Å². The lowest BCUT2D eigenvalue weighted by molar-refractivity contribution is 0.0690. The van der Waals surface area contributed by atoms with Gasteiger partial charge in [0.25, 0.3) is 0 Å². The van der Waals surface area contributed by atoms with Gasteiger partial charge in [-0.3, -0.25) is 0 Å². The van der Waals surface area contributed by atoms with Crippen LogP contribution in [0.15, 0.2) is 30.7 Å². The maximum atomic E-state index is 10.8. The van der Waals surface area contributed by atoms with Gasteiger partial charge in [-0.1, -0.05) is 0 Å². The van der Waals surface area contributed by atoms with Gasteiger partial charge in [-0.15, -0.1) is 0 Å². The molecule has 0 saturated carbocycles. The zero-order valence-electron chi connectivity index (χ0n) is 10.1. The van der Waals surface area contributed by atoms with Crippen molar-refractivity contribution in [2.45, 2.75) is 20.0 Å². The Balaban J connectivity index is 2.28. The first-order valence-corrected chi connectivity index (χ1v) is 5.47. The summed E-state index contributed by atoms with van der Waals surface area (Å²) in [6.07, 6.45) is 4.78. The topological polar surface area (TPSA) is 77.2 Å². The molecule has 1 N–H and O–H groups in total. The highest BCUT2D eigenvalue weighted by molar-refractivity contribution is 5.85. The predicted molar refractivity (Wildman–Crippen MR) is 64.1 cm³/mol. The van der Waals surface area contributed by atoms with Gasteiger partial charge < -0.3 is 9.84 Å². The average Bonchev–Trinajstić information content (AvgIpc) is 2.77. The highest BCUT2D eigenvalue weighted by Gasteiger charge is 2.08. The quantitative estimate of drug-likeness (QED) is 0.890. The molecule has 2 aromatic rings. The molecule has 0 aliphatic carbocycles. The van der Waals surface area contributed by atoms with E-state index in [4.69, 9.17) is 9.84 Å². The van der Waals surface area contributed by atoms with E-state index in [1.807, 2.05) is 13.8 Å². The van der Waals surface area contributed by atoms with Crippen molar-refractivity contribution in [2.75, 3.05) is 0 Å². The fourth-order valence-corrected chi connectivity index (χ4v) is 1.46. The van der Waals surface area contributed by atoms with Crippen molar-refractivity contribution < 1.29 is 14.6 Å². The van der Waals surface area contributed by atoms with Crippen LogP contribution < -0.4 is 4.74 Å². The van der Waals surface area contributed by atoms with E-state index in [9.17, 15) is 4.79 Å². The van der Waals surface area contributed by atoms with E-state index in [0.29, 0.717) is 11.4 Å². The molecule has 0 spiro atoms. The van der Waals surface area contributed by atoms with Gasteiger partial charge in [0.2, 0.25) is 0 Å². The minimum Gasteiger partial charge on any atom is -0.488 e. The zero-order valence-corrected chi connectivity index (χ0v) is 10.1. The molecule has 2 rings (SSSR count). The molecule has 0 aliphatic heterocycles. The SMILES string of the molecule is CC(C)Oc1cnn(-c2ccnc(C(=O)O)c2)c1. The smallest absolute Gasteiger partial charge is 0.354 e. The number of nitrogens with zero attached hydrogens (tertiary/aromatic N) is 3. The minimum absolute atomic E-state index is 0.0191. The second kappa shape index (κ2) is 4.87. The number of carboxylic acid groups (broad SMARTS) is 1. The number of carboxylic acids is 1. The Kier molecular flexibility index (Phi) is 3.27. The van der Waals surface area contributed by atoms with Crippen molar-refractivity contribution in [3.63, 3.8) is 0 Å². The second-order valence-electron chi connectivity index (χ2n) is 3.99. The fraction of sp³-hybridized carbons (Fsp3) is 0.250. The van der Waals surface area contributed by atoms with Crippen molar-refractivity contribution in [1.29, 1.82) is 0 Å². The maximum Gasteiger partial charge on any atom is 0.354 e. The fourth-order valence-electron chi connectivity index (χ4n) is 1.46. The molecule has 0 aromatic carbocycles. The maximum absolute atomic E-state index is 10.8. The summed E-state index contributed by atoms with van der Waals surface area (Å²) in [4.78, 5) is 14.6. The molecular weight excluding hydrogens is 234 g/mol. The summed E-state index contributed by atoms with van der Waals surface area (Å²) >= 11 is 0. The van der Waals surface area contributed by atoms with Gasteiger partial charge in [-0.05, 0) is 26.0 Å². The van der Waals surface area contributed by atoms with Crippen LogP contribution in [0.5, 0.6) is 5.75 Å². The van der Waals surface area contributed by atoms with E-state index in [2.05, 4.69) is 10.1 Å². The van der Waals surface area contributed by atoms with Crippen LogP contribution in [0.25, 0.3) is 5.69 Å². The number of hydrogen-bond donors (Lipinski definition) is 1. The van der Waals surface area contributed by atoms with Gasteiger partial charge in [0.05, 0.1) is 24.2 Å². The van der Waals surface area contributed by atoms with E-state index < -0.39 is 5.97 Å². The highest BCUT2D eigenvalue weighted by atomic mass is 16.5. The average molecular weight is 247 g/mol. The van der Waals surface area contributed by atoms with E-state index >= 15 is 0 Å². The molecule has 0 bridgehead atoms. The lowest BCUT2D eigenvalue weighted by Crippen LogP contribution is -2.05. The summed E-state index contributed by atoms with van der Waals surface area (Å²) < 4.78 is 7.03. The molecule has 0 aliphatic rings. The lowest BCUT2D eigenvalue weighted by Gasteiger charge is -2.05.